The van der Waals surface area contributed by atoms with Crippen molar-refractivity contribution in [2.75, 3.05) is 31.2 Å². The summed E-state index contributed by atoms with van der Waals surface area (Å²) in [5.74, 6) is 0. The van der Waals surface area contributed by atoms with Gasteiger partial charge in [-0.3, -0.25) is 4.79 Å². The van der Waals surface area contributed by atoms with Crippen LogP contribution in [0.5, 0.6) is 0 Å². The molecule has 2 rings (SSSR count). The molecule has 4 nitrogen and oxygen atoms in total. The van der Waals surface area contributed by atoms with E-state index < -0.39 is 0 Å². The Kier molecular flexibility index (Phi) is 5.36. The van der Waals surface area contributed by atoms with E-state index in [2.05, 4.69) is 20.8 Å². The first-order chi connectivity index (χ1) is 9.24. The SMILES string of the molecule is O=Cc1ccc(N2CCC(OCCO)CC2)c(Br)c1. The molecule has 0 radical (unpaired) electrons. The lowest BCUT2D eigenvalue weighted by atomic mass is 10.1. The van der Waals surface area contributed by atoms with Crippen LogP contribution in [0.2, 0.25) is 0 Å². The maximum atomic E-state index is 10.7. The van der Waals surface area contributed by atoms with Crippen LogP contribution in [-0.2, 0) is 4.74 Å². The van der Waals surface area contributed by atoms with Gasteiger partial charge in [0.05, 0.1) is 25.0 Å². The Morgan fingerprint density at radius 3 is 2.74 bits per heavy atom. The van der Waals surface area contributed by atoms with Crippen molar-refractivity contribution in [1.29, 1.82) is 0 Å². The molecule has 1 aromatic rings. The summed E-state index contributed by atoms with van der Waals surface area (Å²) >= 11 is 3.52. The third kappa shape index (κ3) is 3.78. The van der Waals surface area contributed by atoms with Crippen LogP contribution >= 0.6 is 15.9 Å². The molecular formula is C14H18BrNO3. The first kappa shape index (κ1) is 14.5. The average Bonchev–Trinajstić information content (AvgIpc) is 2.45. The maximum Gasteiger partial charge on any atom is 0.150 e. The molecule has 0 aromatic heterocycles. The predicted octanol–water partition coefficient (Wildman–Crippen LogP) is 2.24. The van der Waals surface area contributed by atoms with Crippen molar-refractivity contribution in [2.24, 2.45) is 0 Å². The van der Waals surface area contributed by atoms with Crippen molar-refractivity contribution in [3.05, 3.63) is 28.2 Å². The molecule has 1 heterocycles. The zero-order valence-corrected chi connectivity index (χ0v) is 12.3. The minimum atomic E-state index is 0.0823. The Balaban J connectivity index is 1.95. The zero-order chi connectivity index (χ0) is 13.7. The van der Waals surface area contributed by atoms with Crippen LogP contribution in [0, 0.1) is 0 Å². The Morgan fingerprint density at radius 1 is 1.42 bits per heavy atom. The molecule has 19 heavy (non-hydrogen) atoms. The number of aliphatic hydroxyl groups is 1. The first-order valence-corrected chi connectivity index (χ1v) is 7.26. The molecule has 5 heteroatoms. The number of piperidine rings is 1. The van der Waals surface area contributed by atoms with E-state index in [1.807, 2.05) is 18.2 Å². The van der Waals surface area contributed by atoms with Crippen molar-refractivity contribution < 1.29 is 14.6 Å². The number of hydrogen-bond acceptors (Lipinski definition) is 4. The number of carbonyl (C=O) groups excluding carboxylic acids is 1. The van der Waals surface area contributed by atoms with E-state index >= 15 is 0 Å². The summed E-state index contributed by atoms with van der Waals surface area (Å²) in [7, 11) is 0. The molecule has 0 atom stereocenters. The first-order valence-electron chi connectivity index (χ1n) is 6.46. The number of rotatable bonds is 5. The highest BCUT2D eigenvalue weighted by Crippen LogP contribution is 2.29. The fourth-order valence-electron chi connectivity index (χ4n) is 2.34. The molecule has 1 aliphatic rings. The minimum absolute atomic E-state index is 0.0823. The fraction of sp³-hybridized carbons (Fsp3) is 0.500. The molecule has 0 amide bonds. The third-order valence-corrected chi connectivity index (χ3v) is 3.97. The van der Waals surface area contributed by atoms with Crippen LogP contribution in [0.4, 0.5) is 5.69 Å². The van der Waals surface area contributed by atoms with Crippen molar-refractivity contribution in [3.63, 3.8) is 0 Å². The van der Waals surface area contributed by atoms with Crippen LogP contribution in [0.15, 0.2) is 22.7 Å². The Morgan fingerprint density at radius 2 is 2.16 bits per heavy atom. The van der Waals surface area contributed by atoms with Crippen molar-refractivity contribution in [1.82, 2.24) is 0 Å². The van der Waals surface area contributed by atoms with E-state index in [1.54, 1.807) is 0 Å². The quantitative estimate of drug-likeness (QED) is 0.843. The molecule has 0 bridgehead atoms. The topological polar surface area (TPSA) is 49.8 Å². The van der Waals surface area contributed by atoms with E-state index in [0.717, 1.165) is 42.4 Å². The third-order valence-electron chi connectivity index (χ3n) is 3.34. The summed E-state index contributed by atoms with van der Waals surface area (Å²) in [6.07, 6.45) is 3.02. The molecular weight excluding hydrogens is 310 g/mol. The predicted molar refractivity (Wildman–Crippen MR) is 77.8 cm³/mol. The van der Waals surface area contributed by atoms with Crippen LogP contribution in [0.3, 0.4) is 0 Å². The number of benzene rings is 1. The highest BCUT2D eigenvalue weighted by Gasteiger charge is 2.21. The Hall–Kier alpha value is -0.910. The number of aldehydes is 1. The molecule has 1 aliphatic heterocycles. The summed E-state index contributed by atoms with van der Waals surface area (Å²) in [6.45, 7) is 2.35. The van der Waals surface area contributed by atoms with Crippen molar-refractivity contribution in [3.8, 4) is 0 Å². The number of halogens is 1. The molecule has 0 unspecified atom stereocenters. The molecule has 1 fully saturated rings. The van der Waals surface area contributed by atoms with E-state index in [-0.39, 0.29) is 12.7 Å². The Bertz CT molecular complexity index is 431. The fourth-order valence-corrected chi connectivity index (χ4v) is 2.98. The van der Waals surface area contributed by atoms with Gasteiger partial charge in [0, 0.05) is 23.1 Å². The second kappa shape index (κ2) is 7.03. The Labute approximate surface area is 121 Å². The standard InChI is InChI=1S/C14H18BrNO3/c15-13-9-11(10-18)1-2-14(13)16-5-3-12(4-6-16)19-8-7-17/h1-2,9-10,12,17H,3-8H2. The second-order valence-electron chi connectivity index (χ2n) is 4.61. The normalized spacial score (nSPS) is 16.6. The van der Waals surface area contributed by atoms with Gasteiger partial charge in [0.25, 0.3) is 0 Å². The lowest BCUT2D eigenvalue weighted by Gasteiger charge is -2.34. The van der Waals surface area contributed by atoms with E-state index in [1.165, 1.54) is 0 Å². The molecule has 0 spiro atoms. The van der Waals surface area contributed by atoms with Gasteiger partial charge >= 0.3 is 0 Å². The van der Waals surface area contributed by atoms with Gasteiger partial charge in [0.2, 0.25) is 0 Å². The number of carbonyl (C=O) groups is 1. The van der Waals surface area contributed by atoms with Crippen LogP contribution in [0.25, 0.3) is 0 Å². The average molecular weight is 328 g/mol. The number of ether oxygens (including phenoxy) is 1. The lowest BCUT2D eigenvalue weighted by Crippen LogP contribution is -2.37. The van der Waals surface area contributed by atoms with Gasteiger partial charge in [-0.25, -0.2) is 0 Å². The highest BCUT2D eigenvalue weighted by molar-refractivity contribution is 9.10. The van der Waals surface area contributed by atoms with Gasteiger partial charge in [0.1, 0.15) is 6.29 Å². The van der Waals surface area contributed by atoms with Crippen molar-refractivity contribution >= 4 is 27.9 Å². The molecule has 1 saturated heterocycles. The van der Waals surface area contributed by atoms with E-state index in [4.69, 9.17) is 9.84 Å². The molecule has 1 aromatic carbocycles. The minimum Gasteiger partial charge on any atom is -0.394 e. The smallest absolute Gasteiger partial charge is 0.150 e. The van der Waals surface area contributed by atoms with Gasteiger partial charge in [-0.15, -0.1) is 0 Å². The largest absolute Gasteiger partial charge is 0.394 e. The summed E-state index contributed by atoms with van der Waals surface area (Å²) < 4.78 is 6.50. The van der Waals surface area contributed by atoms with E-state index in [9.17, 15) is 4.79 Å². The van der Waals surface area contributed by atoms with Crippen LogP contribution in [0.1, 0.15) is 23.2 Å². The summed E-state index contributed by atoms with van der Waals surface area (Å²) in [6, 6.07) is 5.65. The van der Waals surface area contributed by atoms with Crippen LogP contribution < -0.4 is 4.90 Å². The number of hydrogen-bond donors (Lipinski definition) is 1. The molecule has 0 saturated carbocycles. The monoisotopic (exact) mass is 327 g/mol. The summed E-state index contributed by atoms with van der Waals surface area (Å²) in [5, 5.41) is 8.74. The maximum absolute atomic E-state index is 10.7. The van der Waals surface area contributed by atoms with Gasteiger partial charge in [-0.2, -0.15) is 0 Å². The number of aliphatic hydroxyl groups excluding tert-OH is 1. The number of anilines is 1. The second-order valence-corrected chi connectivity index (χ2v) is 5.46. The van der Waals surface area contributed by atoms with E-state index in [0.29, 0.717) is 12.2 Å². The molecule has 0 aliphatic carbocycles. The van der Waals surface area contributed by atoms with Crippen molar-refractivity contribution in [2.45, 2.75) is 18.9 Å². The van der Waals surface area contributed by atoms with Gasteiger partial charge in [0.15, 0.2) is 0 Å². The zero-order valence-electron chi connectivity index (χ0n) is 10.7. The summed E-state index contributed by atoms with van der Waals surface area (Å²) in [4.78, 5) is 13.0. The number of nitrogens with zero attached hydrogens (tertiary/aromatic N) is 1. The summed E-state index contributed by atoms with van der Waals surface area (Å²) in [5.41, 5.74) is 1.79. The van der Waals surface area contributed by atoms with Crippen LogP contribution in [-0.4, -0.2) is 43.8 Å². The van der Waals surface area contributed by atoms with Gasteiger partial charge in [-0.1, -0.05) is 0 Å². The highest BCUT2D eigenvalue weighted by atomic mass is 79.9. The van der Waals surface area contributed by atoms with Gasteiger partial charge < -0.3 is 14.7 Å². The van der Waals surface area contributed by atoms with Gasteiger partial charge in [-0.05, 0) is 47.0 Å². The molecule has 104 valence electrons. The molecule has 1 N–H and O–H groups in total. The lowest BCUT2D eigenvalue weighted by molar-refractivity contribution is 0.0159.